The molecule has 0 saturated carbocycles. The van der Waals surface area contributed by atoms with Crippen LogP contribution in [0.5, 0.6) is 0 Å². The predicted molar refractivity (Wildman–Crippen MR) is 167 cm³/mol. The van der Waals surface area contributed by atoms with Crippen molar-refractivity contribution in [3.05, 3.63) is 99.5 Å². The molecule has 1 atom stereocenters. The Morgan fingerprint density at radius 2 is 1.88 bits per heavy atom. The fraction of sp³-hybridized carbons (Fsp3) is 0.233. The number of aryl methyl sites for hydroxylation is 1. The van der Waals surface area contributed by atoms with Crippen molar-refractivity contribution in [2.45, 2.75) is 32.6 Å². The number of aliphatic carboxylic acids is 1. The molecule has 4 rings (SSSR count). The molecule has 2 N–H and O–H groups in total. The number of ether oxygens (including phenoxy) is 1. The zero-order valence-corrected chi connectivity index (χ0v) is 24.0. The summed E-state index contributed by atoms with van der Waals surface area (Å²) in [6.07, 6.45) is 4.07. The molecule has 0 saturated heterocycles. The van der Waals surface area contributed by atoms with E-state index in [2.05, 4.69) is 10.3 Å². The molecule has 0 spiro atoms. The Bertz CT molecular complexity index is 1460. The summed E-state index contributed by atoms with van der Waals surface area (Å²) in [5, 5.41) is 13.8. The number of hydrogen-bond acceptors (Lipinski definition) is 6. The van der Waals surface area contributed by atoms with Crippen LogP contribution in [0.4, 0.5) is 0 Å². The van der Waals surface area contributed by atoms with Crippen molar-refractivity contribution in [3.8, 4) is 21.7 Å². The van der Waals surface area contributed by atoms with Crippen LogP contribution in [0.2, 0.25) is 5.02 Å². The molecule has 1 heterocycles. The summed E-state index contributed by atoms with van der Waals surface area (Å²) in [6.45, 7) is 2.73. The van der Waals surface area contributed by atoms with Crippen LogP contribution >= 0.6 is 34.7 Å². The van der Waals surface area contributed by atoms with E-state index >= 15 is 0 Å². The molecule has 0 aliphatic heterocycles. The van der Waals surface area contributed by atoms with Crippen molar-refractivity contribution in [1.82, 2.24) is 10.3 Å². The van der Waals surface area contributed by atoms with Gasteiger partial charge in [0, 0.05) is 22.3 Å². The molecular weight excluding hydrogens is 559 g/mol. The zero-order valence-electron chi connectivity index (χ0n) is 21.6. The first kappa shape index (κ1) is 31.9. The Hall–Kier alpha value is -2.57. The molecule has 1 aromatic heterocycles. The molecule has 4 aromatic rings. The number of benzene rings is 3. The average molecular weight is 589 g/mol. The molecule has 3 aromatic carbocycles. The first-order valence-electron chi connectivity index (χ1n) is 12.4. The first-order chi connectivity index (χ1) is 18.9. The molecular formula is C30H30ClLiN2O4S2. The number of carboxylic acids is 1. The third kappa shape index (κ3) is 8.47. The second-order valence-electron chi connectivity index (χ2n) is 8.98. The summed E-state index contributed by atoms with van der Waals surface area (Å²) in [5.74, 6) is -0.813. The van der Waals surface area contributed by atoms with E-state index in [1.165, 1.54) is 0 Å². The Morgan fingerprint density at radius 1 is 1.07 bits per heavy atom. The third-order valence-corrected chi connectivity index (χ3v) is 8.02. The summed E-state index contributed by atoms with van der Waals surface area (Å²) in [5.41, 5.74) is 4.96. The summed E-state index contributed by atoms with van der Waals surface area (Å²) in [4.78, 5) is 30.5. The number of rotatable bonds is 12. The molecule has 10 heteroatoms. The summed E-state index contributed by atoms with van der Waals surface area (Å²) in [7, 11) is 0. The number of carbonyl (C=O) groups is 2. The number of carboxylic acid groups (broad SMARTS) is 1. The van der Waals surface area contributed by atoms with Gasteiger partial charge in [-0.1, -0.05) is 54.1 Å². The predicted octanol–water partition coefficient (Wildman–Crippen LogP) is 6.44. The van der Waals surface area contributed by atoms with Gasteiger partial charge in [-0.2, -0.15) is 11.8 Å². The maximum atomic E-state index is 13.3. The minimum atomic E-state index is -1.04. The summed E-state index contributed by atoms with van der Waals surface area (Å²) in [6, 6.07) is 20.0. The van der Waals surface area contributed by atoms with E-state index in [0.717, 1.165) is 37.7 Å². The van der Waals surface area contributed by atoms with Gasteiger partial charge in [-0.25, -0.2) is 9.78 Å². The molecule has 0 radical (unpaired) electrons. The Labute approximate surface area is 259 Å². The van der Waals surface area contributed by atoms with Crippen LogP contribution in [-0.2, 0) is 22.7 Å². The quantitative estimate of drug-likeness (QED) is 0.185. The SMILES string of the molecule is CSCCC(NC(=O)c1ccc(COCc2cnc(-c3cccc(Cl)c3)s2)cc1-c1ccccc1C)C(=O)O.[LiH]. The van der Waals surface area contributed by atoms with Gasteiger partial charge < -0.3 is 15.2 Å². The first-order valence-corrected chi connectivity index (χ1v) is 14.9. The van der Waals surface area contributed by atoms with E-state index in [4.69, 9.17) is 16.3 Å². The van der Waals surface area contributed by atoms with Crippen LogP contribution in [0.1, 0.15) is 32.8 Å². The number of nitrogens with zero attached hydrogens (tertiary/aromatic N) is 1. The van der Waals surface area contributed by atoms with Gasteiger partial charge in [0.2, 0.25) is 0 Å². The number of nitrogens with one attached hydrogen (secondary N) is 1. The monoisotopic (exact) mass is 588 g/mol. The molecule has 204 valence electrons. The van der Waals surface area contributed by atoms with E-state index in [0.29, 0.717) is 36.0 Å². The Morgan fingerprint density at radius 3 is 2.60 bits per heavy atom. The van der Waals surface area contributed by atoms with Crippen molar-refractivity contribution in [3.63, 3.8) is 0 Å². The maximum absolute atomic E-state index is 13.3. The van der Waals surface area contributed by atoms with Crippen molar-refractivity contribution in [2.24, 2.45) is 0 Å². The van der Waals surface area contributed by atoms with Gasteiger partial charge in [0.25, 0.3) is 5.91 Å². The number of thiazole rings is 1. The van der Waals surface area contributed by atoms with Crippen molar-refractivity contribution in [1.29, 1.82) is 0 Å². The van der Waals surface area contributed by atoms with E-state index in [9.17, 15) is 14.7 Å². The Balaban J connectivity index is 0.00000441. The van der Waals surface area contributed by atoms with E-state index in [-0.39, 0.29) is 18.9 Å². The van der Waals surface area contributed by atoms with Gasteiger partial charge in [-0.3, -0.25) is 4.79 Å². The van der Waals surface area contributed by atoms with E-state index in [1.54, 1.807) is 29.2 Å². The van der Waals surface area contributed by atoms with Gasteiger partial charge in [0.15, 0.2) is 0 Å². The van der Waals surface area contributed by atoms with Crippen LogP contribution in [-0.4, -0.2) is 58.9 Å². The van der Waals surface area contributed by atoms with E-state index in [1.807, 2.05) is 80.0 Å². The van der Waals surface area contributed by atoms with E-state index < -0.39 is 17.9 Å². The molecule has 0 bridgehead atoms. The number of aromatic nitrogens is 1. The molecule has 1 unspecified atom stereocenters. The zero-order chi connectivity index (χ0) is 27.8. The second kappa shape index (κ2) is 15.4. The summed E-state index contributed by atoms with van der Waals surface area (Å²) < 4.78 is 6.00. The molecule has 0 aliphatic rings. The average Bonchev–Trinajstić information content (AvgIpc) is 3.40. The van der Waals surface area contributed by atoms with Crippen LogP contribution < -0.4 is 5.32 Å². The van der Waals surface area contributed by atoms with Crippen molar-refractivity contribution >= 4 is 65.4 Å². The van der Waals surface area contributed by atoms with Crippen LogP contribution in [0.15, 0.2) is 72.9 Å². The summed E-state index contributed by atoms with van der Waals surface area (Å²) >= 11 is 9.21. The van der Waals surface area contributed by atoms with Gasteiger partial charge in [0.05, 0.1) is 18.1 Å². The fourth-order valence-electron chi connectivity index (χ4n) is 4.10. The van der Waals surface area contributed by atoms with Crippen LogP contribution in [0.25, 0.3) is 21.7 Å². The van der Waals surface area contributed by atoms with Gasteiger partial charge in [-0.15, -0.1) is 11.3 Å². The fourth-order valence-corrected chi connectivity index (χ4v) is 5.61. The third-order valence-electron chi connectivity index (χ3n) is 6.12. The molecule has 1 amide bonds. The van der Waals surface area contributed by atoms with Gasteiger partial charge in [-0.05, 0) is 71.9 Å². The molecule has 0 fully saturated rings. The number of thioether (sulfide) groups is 1. The molecule has 6 nitrogen and oxygen atoms in total. The number of hydrogen-bond donors (Lipinski definition) is 2. The topological polar surface area (TPSA) is 88.5 Å². The van der Waals surface area contributed by atoms with Crippen molar-refractivity contribution < 1.29 is 19.4 Å². The van der Waals surface area contributed by atoms with Gasteiger partial charge >= 0.3 is 24.8 Å². The molecule has 40 heavy (non-hydrogen) atoms. The normalized spacial score (nSPS) is 11.5. The van der Waals surface area contributed by atoms with Crippen LogP contribution in [0, 0.1) is 6.92 Å². The van der Waals surface area contributed by atoms with Crippen molar-refractivity contribution in [2.75, 3.05) is 12.0 Å². The van der Waals surface area contributed by atoms with Crippen LogP contribution in [0.3, 0.4) is 0 Å². The minimum absolute atomic E-state index is 0. The van der Waals surface area contributed by atoms with Gasteiger partial charge in [0.1, 0.15) is 11.0 Å². The second-order valence-corrected chi connectivity index (χ2v) is 11.5. The Kier molecular flexibility index (Phi) is 12.3. The molecule has 0 aliphatic carbocycles. The standard InChI is InChI=1S/C30H29ClN2O4S2.Li.H/c1-19-6-3-4-9-24(19)26-14-20(10-11-25(26)28(34)33-27(30(35)36)12-13-38-2)17-37-18-23-16-32-29(39-23)21-7-5-8-22(31)15-21;;/h3-11,14-16,27H,12-13,17-18H2,1-2H3,(H,33,34)(H,35,36);;. The number of carbonyl (C=O) groups excluding carboxylic acids is 1. The number of halogens is 1. The number of amides is 1.